The summed E-state index contributed by atoms with van der Waals surface area (Å²) in [4.78, 5) is 0. The number of benzene rings is 2. The number of hydrogen-bond acceptors (Lipinski definition) is 3. The third-order valence-corrected chi connectivity index (χ3v) is 4.69. The number of alkyl halides is 3. The number of hydrogen-bond donors (Lipinski definition) is 0. The van der Waals surface area contributed by atoms with Crippen molar-refractivity contribution in [1.82, 2.24) is 0 Å². The number of rotatable bonds is 5. The van der Waals surface area contributed by atoms with E-state index >= 15 is 0 Å². The molecule has 0 unspecified atom stereocenters. The minimum Gasteiger partial charge on any atom is -0.489 e. The standard InChI is InChI=1S/C21H17Cl2F3N2O/c22-20(23)11-12-29-19-6-2-3-16-17(19)4-1-5-18(16)28-27-13-14-7-9-15(10-8-14)21(24,25)26/h2-3,6-11,13H,1,4-5,12H2/b27-13-,28-18-. The summed E-state index contributed by atoms with van der Waals surface area (Å²) in [6.07, 6.45) is 1.16. The van der Waals surface area contributed by atoms with E-state index in [1.165, 1.54) is 18.3 Å². The van der Waals surface area contributed by atoms with Crippen LogP contribution in [0.3, 0.4) is 0 Å². The summed E-state index contributed by atoms with van der Waals surface area (Å²) in [6, 6.07) is 10.5. The highest BCUT2D eigenvalue weighted by atomic mass is 35.5. The highest BCUT2D eigenvalue weighted by Gasteiger charge is 2.29. The van der Waals surface area contributed by atoms with Crippen molar-refractivity contribution in [3.05, 3.63) is 75.3 Å². The van der Waals surface area contributed by atoms with Crippen molar-refractivity contribution in [2.75, 3.05) is 6.61 Å². The number of halogens is 5. The number of fused-ring (bicyclic) bond motifs is 1. The molecule has 152 valence electrons. The lowest BCUT2D eigenvalue weighted by molar-refractivity contribution is -0.137. The van der Waals surface area contributed by atoms with E-state index in [9.17, 15) is 13.2 Å². The monoisotopic (exact) mass is 440 g/mol. The molecule has 3 nitrogen and oxygen atoms in total. The quantitative estimate of drug-likeness (QED) is 0.382. The largest absolute Gasteiger partial charge is 0.489 e. The Morgan fingerprint density at radius 1 is 1.07 bits per heavy atom. The van der Waals surface area contributed by atoms with Crippen LogP contribution in [0.2, 0.25) is 0 Å². The van der Waals surface area contributed by atoms with Gasteiger partial charge in [0.05, 0.1) is 17.5 Å². The molecule has 0 saturated heterocycles. The minimum absolute atomic E-state index is 0.148. The van der Waals surface area contributed by atoms with Crippen LogP contribution in [0.1, 0.15) is 35.1 Å². The molecule has 0 heterocycles. The molecule has 0 spiro atoms. The molecule has 0 aromatic heterocycles. The summed E-state index contributed by atoms with van der Waals surface area (Å²) in [5, 5.41) is 8.36. The molecule has 0 saturated carbocycles. The van der Waals surface area contributed by atoms with E-state index in [0.717, 1.165) is 54.0 Å². The highest BCUT2D eigenvalue weighted by molar-refractivity contribution is 6.55. The van der Waals surface area contributed by atoms with Crippen LogP contribution in [0.25, 0.3) is 0 Å². The maximum atomic E-state index is 12.6. The predicted octanol–water partition coefficient (Wildman–Crippen LogP) is 6.56. The van der Waals surface area contributed by atoms with Crippen LogP contribution in [0, 0.1) is 0 Å². The third-order valence-electron chi connectivity index (χ3n) is 4.38. The lowest BCUT2D eigenvalue weighted by Gasteiger charge is -2.20. The molecular formula is C21H17Cl2F3N2O. The topological polar surface area (TPSA) is 34.0 Å². The smallest absolute Gasteiger partial charge is 0.416 e. The van der Waals surface area contributed by atoms with E-state index in [1.807, 2.05) is 18.2 Å². The van der Waals surface area contributed by atoms with E-state index in [2.05, 4.69) is 10.2 Å². The Morgan fingerprint density at radius 3 is 2.52 bits per heavy atom. The van der Waals surface area contributed by atoms with Crippen LogP contribution >= 0.6 is 23.2 Å². The van der Waals surface area contributed by atoms with Crippen LogP contribution in [-0.2, 0) is 12.6 Å². The second-order valence-corrected chi connectivity index (χ2v) is 7.36. The molecule has 0 N–H and O–H groups in total. The summed E-state index contributed by atoms with van der Waals surface area (Å²) < 4.78 is 43.8. The fourth-order valence-corrected chi connectivity index (χ4v) is 3.14. The molecular weight excluding hydrogens is 424 g/mol. The SMILES string of the molecule is FC(F)(F)c1ccc(/C=N\N=C2\CCCc3c(OCC=C(Cl)Cl)cccc32)cc1. The molecule has 3 rings (SSSR count). The zero-order chi connectivity index (χ0) is 20.9. The van der Waals surface area contributed by atoms with Gasteiger partial charge in [0.25, 0.3) is 0 Å². The molecule has 0 bridgehead atoms. The van der Waals surface area contributed by atoms with Gasteiger partial charge in [-0.1, -0.05) is 47.5 Å². The van der Waals surface area contributed by atoms with Crippen LogP contribution in [0.4, 0.5) is 13.2 Å². The molecule has 1 aliphatic rings. The van der Waals surface area contributed by atoms with Crippen LogP contribution in [0.5, 0.6) is 5.75 Å². The fourth-order valence-electron chi connectivity index (χ4n) is 3.02. The van der Waals surface area contributed by atoms with Gasteiger partial charge >= 0.3 is 6.18 Å². The Kier molecular flexibility index (Phi) is 6.98. The van der Waals surface area contributed by atoms with Gasteiger partial charge < -0.3 is 4.74 Å². The summed E-state index contributed by atoms with van der Waals surface area (Å²) in [5.74, 6) is 0.743. The fraction of sp³-hybridized carbons (Fsp3) is 0.238. The molecule has 1 aliphatic carbocycles. The van der Waals surface area contributed by atoms with Crippen LogP contribution in [0.15, 0.2) is 63.2 Å². The first kappa shape index (κ1) is 21.4. The van der Waals surface area contributed by atoms with Gasteiger partial charge in [0, 0.05) is 11.1 Å². The van der Waals surface area contributed by atoms with Gasteiger partial charge in [-0.25, -0.2) is 0 Å². The Hall–Kier alpha value is -2.31. The molecule has 8 heteroatoms. The first-order valence-electron chi connectivity index (χ1n) is 8.88. The van der Waals surface area contributed by atoms with Gasteiger partial charge in [-0.15, -0.1) is 0 Å². The average Bonchev–Trinajstić information content (AvgIpc) is 2.68. The predicted molar refractivity (Wildman–Crippen MR) is 110 cm³/mol. The summed E-state index contributed by atoms with van der Waals surface area (Å²) >= 11 is 11.2. The Bertz CT molecular complexity index is 947. The lowest BCUT2D eigenvalue weighted by atomic mass is 9.89. The van der Waals surface area contributed by atoms with E-state index in [1.54, 1.807) is 6.08 Å². The van der Waals surface area contributed by atoms with Crippen LogP contribution in [-0.4, -0.2) is 18.5 Å². The van der Waals surface area contributed by atoms with E-state index < -0.39 is 11.7 Å². The maximum absolute atomic E-state index is 12.6. The summed E-state index contributed by atoms with van der Waals surface area (Å²) in [5.41, 5.74) is 2.66. The summed E-state index contributed by atoms with van der Waals surface area (Å²) in [6.45, 7) is 0.261. The first-order valence-corrected chi connectivity index (χ1v) is 9.63. The average molecular weight is 441 g/mol. The van der Waals surface area contributed by atoms with Crippen molar-refractivity contribution in [2.45, 2.75) is 25.4 Å². The van der Waals surface area contributed by atoms with Gasteiger partial charge in [-0.05, 0) is 49.1 Å². The van der Waals surface area contributed by atoms with Gasteiger partial charge in [0.15, 0.2) is 0 Å². The molecule has 2 aromatic rings. The minimum atomic E-state index is -4.35. The molecule has 0 aliphatic heterocycles. The van der Waals surface area contributed by atoms with Crippen molar-refractivity contribution in [3.63, 3.8) is 0 Å². The lowest BCUT2D eigenvalue weighted by Crippen LogP contribution is -2.13. The van der Waals surface area contributed by atoms with E-state index in [0.29, 0.717) is 5.56 Å². The van der Waals surface area contributed by atoms with Gasteiger partial charge in [0.1, 0.15) is 16.8 Å². The third kappa shape index (κ3) is 5.84. The molecule has 0 fully saturated rings. The summed E-state index contributed by atoms with van der Waals surface area (Å²) in [7, 11) is 0. The van der Waals surface area contributed by atoms with Crippen molar-refractivity contribution in [2.24, 2.45) is 10.2 Å². The van der Waals surface area contributed by atoms with Crippen LogP contribution < -0.4 is 4.74 Å². The van der Waals surface area contributed by atoms with Crippen molar-refractivity contribution in [3.8, 4) is 5.75 Å². The second kappa shape index (κ2) is 9.46. The number of ether oxygens (including phenoxy) is 1. The highest BCUT2D eigenvalue weighted by Crippen LogP contribution is 2.31. The normalized spacial score (nSPS) is 15.4. The van der Waals surface area contributed by atoms with Gasteiger partial charge in [0.2, 0.25) is 0 Å². The van der Waals surface area contributed by atoms with Crippen molar-refractivity contribution >= 4 is 35.1 Å². The Morgan fingerprint density at radius 2 is 1.83 bits per heavy atom. The van der Waals surface area contributed by atoms with E-state index in [4.69, 9.17) is 27.9 Å². The zero-order valence-electron chi connectivity index (χ0n) is 15.2. The molecule has 0 amide bonds. The Balaban J connectivity index is 1.77. The van der Waals surface area contributed by atoms with Gasteiger partial charge in [-0.2, -0.15) is 23.4 Å². The molecule has 0 atom stereocenters. The molecule has 2 aromatic carbocycles. The first-order chi connectivity index (χ1) is 13.8. The second-order valence-electron chi connectivity index (χ2n) is 6.35. The van der Waals surface area contributed by atoms with Crippen molar-refractivity contribution < 1.29 is 17.9 Å². The van der Waals surface area contributed by atoms with E-state index in [-0.39, 0.29) is 11.1 Å². The maximum Gasteiger partial charge on any atom is 0.416 e. The van der Waals surface area contributed by atoms with Crippen molar-refractivity contribution in [1.29, 1.82) is 0 Å². The Labute approximate surface area is 176 Å². The molecule has 29 heavy (non-hydrogen) atoms. The number of nitrogens with zero attached hydrogens (tertiary/aromatic N) is 2. The van der Waals surface area contributed by atoms with Gasteiger partial charge in [-0.3, -0.25) is 0 Å². The zero-order valence-corrected chi connectivity index (χ0v) is 16.7. The molecule has 0 radical (unpaired) electrons.